The number of hydrogen-bond acceptors (Lipinski definition) is 5. The number of aromatic nitrogens is 3. The number of carbonyl (C=O) groups excluding carboxylic acids is 1. The van der Waals surface area contributed by atoms with Crippen molar-refractivity contribution in [3.8, 4) is 11.4 Å². The summed E-state index contributed by atoms with van der Waals surface area (Å²) >= 11 is 0. The Bertz CT molecular complexity index is 758. The molecule has 1 aliphatic rings. The van der Waals surface area contributed by atoms with Crippen molar-refractivity contribution in [3.63, 3.8) is 0 Å². The molecule has 7 nitrogen and oxygen atoms in total. The first kappa shape index (κ1) is 17.6. The number of aryl methyl sites for hydroxylation is 2. The van der Waals surface area contributed by atoms with Gasteiger partial charge in [0.1, 0.15) is 5.82 Å². The van der Waals surface area contributed by atoms with E-state index in [1.165, 1.54) is 0 Å². The third-order valence-corrected chi connectivity index (χ3v) is 4.45. The summed E-state index contributed by atoms with van der Waals surface area (Å²) in [5.41, 5.74) is 2.67. The normalized spacial score (nSPS) is 21.3. The molecular formula is C18H25N5O2. The standard InChI is InChI=1S/C18H25N5O2/c1-11-5-6-15(18-19-14(4)21-22-18)7-16(11)20-17(24)9-23-8-13(3)25-10-12(23)2/h5-7,12-13H,8-10H2,1-4H3,(H,20,24)(H,19,21,22)/t12-,13-/m1/s1. The number of carbonyl (C=O) groups is 1. The predicted molar refractivity (Wildman–Crippen MR) is 96.4 cm³/mol. The molecule has 0 radical (unpaired) electrons. The highest BCUT2D eigenvalue weighted by molar-refractivity contribution is 5.93. The van der Waals surface area contributed by atoms with Crippen molar-refractivity contribution < 1.29 is 9.53 Å². The van der Waals surface area contributed by atoms with Crippen LogP contribution in [0.2, 0.25) is 0 Å². The van der Waals surface area contributed by atoms with Gasteiger partial charge >= 0.3 is 0 Å². The average Bonchev–Trinajstić information content (AvgIpc) is 2.99. The minimum Gasteiger partial charge on any atom is -0.376 e. The van der Waals surface area contributed by atoms with Gasteiger partial charge in [-0.2, -0.15) is 5.10 Å². The van der Waals surface area contributed by atoms with E-state index in [-0.39, 0.29) is 18.1 Å². The first-order valence-corrected chi connectivity index (χ1v) is 8.58. The van der Waals surface area contributed by atoms with Crippen LogP contribution in [0, 0.1) is 13.8 Å². The molecule has 1 amide bonds. The molecule has 0 saturated carbocycles. The van der Waals surface area contributed by atoms with Gasteiger partial charge in [0, 0.05) is 23.8 Å². The molecule has 1 aliphatic heterocycles. The lowest BCUT2D eigenvalue weighted by Gasteiger charge is -2.36. The summed E-state index contributed by atoms with van der Waals surface area (Å²) in [5, 5.41) is 10.0. The fourth-order valence-electron chi connectivity index (χ4n) is 2.93. The Kier molecular flexibility index (Phi) is 5.15. The molecule has 0 bridgehead atoms. The van der Waals surface area contributed by atoms with Crippen molar-refractivity contribution in [2.45, 2.75) is 39.8 Å². The lowest BCUT2D eigenvalue weighted by molar-refractivity contribution is -0.121. The van der Waals surface area contributed by atoms with Crippen molar-refractivity contribution in [2.75, 3.05) is 25.0 Å². The van der Waals surface area contributed by atoms with Crippen LogP contribution in [0.15, 0.2) is 18.2 Å². The number of rotatable bonds is 4. The van der Waals surface area contributed by atoms with E-state index in [0.717, 1.165) is 29.2 Å². The maximum Gasteiger partial charge on any atom is 0.238 e. The summed E-state index contributed by atoms with van der Waals surface area (Å²) in [6, 6.07) is 6.09. The summed E-state index contributed by atoms with van der Waals surface area (Å²) in [6.07, 6.45) is 0.156. The molecule has 3 rings (SSSR count). The molecular weight excluding hydrogens is 318 g/mol. The molecule has 1 fully saturated rings. The summed E-state index contributed by atoms with van der Waals surface area (Å²) in [4.78, 5) is 19.0. The number of ether oxygens (including phenoxy) is 1. The SMILES string of the molecule is Cc1nc(-c2ccc(C)c(NC(=O)CN3C[C@@H](C)OC[C@H]3C)c2)n[nH]1. The van der Waals surface area contributed by atoms with E-state index in [9.17, 15) is 4.79 Å². The zero-order valence-corrected chi connectivity index (χ0v) is 15.2. The number of anilines is 1. The summed E-state index contributed by atoms with van der Waals surface area (Å²) in [7, 11) is 0. The highest BCUT2D eigenvalue weighted by Gasteiger charge is 2.25. The van der Waals surface area contributed by atoms with Gasteiger partial charge in [0.25, 0.3) is 0 Å². The Balaban J connectivity index is 1.70. The van der Waals surface area contributed by atoms with Crippen LogP contribution in [0.25, 0.3) is 11.4 Å². The van der Waals surface area contributed by atoms with Gasteiger partial charge in [-0.1, -0.05) is 12.1 Å². The minimum absolute atomic E-state index is 0.0210. The second kappa shape index (κ2) is 7.33. The first-order valence-electron chi connectivity index (χ1n) is 8.58. The van der Waals surface area contributed by atoms with E-state index in [2.05, 4.69) is 32.3 Å². The van der Waals surface area contributed by atoms with Crippen LogP contribution in [0.5, 0.6) is 0 Å². The first-order chi connectivity index (χ1) is 11.9. The molecule has 1 saturated heterocycles. The van der Waals surface area contributed by atoms with Gasteiger partial charge in [0.15, 0.2) is 5.82 Å². The molecule has 2 atom stereocenters. The van der Waals surface area contributed by atoms with E-state index in [1.807, 2.05) is 39.0 Å². The Labute approximate surface area is 147 Å². The van der Waals surface area contributed by atoms with Crippen molar-refractivity contribution in [2.24, 2.45) is 0 Å². The largest absolute Gasteiger partial charge is 0.376 e. The highest BCUT2D eigenvalue weighted by Crippen LogP contribution is 2.23. The molecule has 25 heavy (non-hydrogen) atoms. The van der Waals surface area contributed by atoms with Gasteiger partial charge in [-0.3, -0.25) is 14.8 Å². The second-order valence-electron chi connectivity index (χ2n) is 6.74. The Hall–Kier alpha value is -2.25. The number of hydrogen-bond donors (Lipinski definition) is 2. The molecule has 2 aromatic rings. The van der Waals surface area contributed by atoms with Crippen LogP contribution in [0.3, 0.4) is 0 Å². The summed E-state index contributed by atoms with van der Waals surface area (Å²) in [5.74, 6) is 1.37. The van der Waals surface area contributed by atoms with E-state index in [1.54, 1.807) is 0 Å². The molecule has 0 aliphatic carbocycles. The maximum absolute atomic E-state index is 12.5. The molecule has 1 aromatic carbocycles. The number of morpholine rings is 1. The van der Waals surface area contributed by atoms with E-state index >= 15 is 0 Å². The van der Waals surface area contributed by atoms with Gasteiger partial charge in [-0.25, -0.2) is 4.98 Å². The smallest absolute Gasteiger partial charge is 0.238 e. The average molecular weight is 343 g/mol. The van der Waals surface area contributed by atoms with Crippen LogP contribution < -0.4 is 5.32 Å². The summed E-state index contributed by atoms with van der Waals surface area (Å²) < 4.78 is 5.62. The maximum atomic E-state index is 12.5. The van der Waals surface area contributed by atoms with Gasteiger partial charge in [0.2, 0.25) is 5.91 Å². The van der Waals surface area contributed by atoms with E-state index in [0.29, 0.717) is 19.0 Å². The van der Waals surface area contributed by atoms with Crippen LogP contribution in [0.1, 0.15) is 25.2 Å². The van der Waals surface area contributed by atoms with Gasteiger partial charge in [0.05, 0.1) is 19.3 Å². The number of nitrogens with one attached hydrogen (secondary N) is 2. The molecule has 134 valence electrons. The van der Waals surface area contributed by atoms with Crippen LogP contribution in [-0.2, 0) is 9.53 Å². The summed E-state index contributed by atoms with van der Waals surface area (Å²) in [6.45, 7) is 9.73. The van der Waals surface area contributed by atoms with Gasteiger partial charge < -0.3 is 10.1 Å². The third-order valence-electron chi connectivity index (χ3n) is 4.45. The van der Waals surface area contributed by atoms with Crippen molar-refractivity contribution in [1.29, 1.82) is 0 Å². The molecule has 7 heteroatoms. The molecule has 1 aromatic heterocycles. The Morgan fingerprint density at radius 2 is 2.20 bits per heavy atom. The fourth-order valence-corrected chi connectivity index (χ4v) is 2.93. The quantitative estimate of drug-likeness (QED) is 0.889. The molecule has 0 spiro atoms. The molecule has 0 unspecified atom stereocenters. The van der Waals surface area contributed by atoms with Crippen LogP contribution in [0.4, 0.5) is 5.69 Å². The van der Waals surface area contributed by atoms with Crippen molar-refractivity contribution in [3.05, 3.63) is 29.6 Å². The lowest BCUT2D eigenvalue weighted by atomic mass is 10.1. The Morgan fingerprint density at radius 1 is 1.40 bits per heavy atom. The van der Waals surface area contributed by atoms with Gasteiger partial charge in [-0.15, -0.1) is 0 Å². The Morgan fingerprint density at radius 3 is 2.92 bits per heavy atom. The zero-order valence-electron chi connectivity index (χ0n) is 15.2. The number of aromatic amines is 1. The zero-order chi connectivity index (χ0) is 18.0. The van der Waals surface area contributed by atoms with Crippen LogP contribution >= 0.6 is 0 Å². The molecule has 2 N–H and O–H groups in total. The number of amides is 1. The number of nitrogens with zero attached hydrogens (tertiary/aromatic N) is 3. The predicted octanol–water partition coefficient (Wildman–Crippen LogP) is 2.14. The van der Waals surface area contributed by atoms with Crippen LogP contribution in [-0.4, -0.2) is 57.8 Å². The fraction of sp³-hybridized carbons (Fsp3) is 0.500. The topological polar surface area (TPSA) is 83.1 Å². The lowest BCUT2D eigenvalue weighted by Crippen LogP contribution is -2.50. The van der Waals surface area contributed by atoms with Crippen molar-refractivity contribution >= 4 is 11.6 Å². The van der Waals surface area contributed by atoms with Gasteiger partial charge in [-0.05, 0) is 39.3 Å². The monoisotopic (exact) mass is 343 g/mol. The highest BCUT2D eigenvalue weighted by atomic mass is 16.5. The van der Waals surface area contributed by atoms with Crippen molar-refractivity contribution in [1.82, 2.24) is 20.1 Å². The minimum atomic E-state index is -0.0210. The second-order valence-corrected chi connectivity index (χ2v) is 6.74. The third kappa shape index (κ3) is 4.24. The number of H-pyrrole nitrogens is 1. The van der Waals surface area contributed by atoms with E-state index < -0.39 is 0 Å². The molecule has 2 heterocycles. The van der Waals surface area contributed by atoms with E-state index in [4.69, 9.17) is 4.74 Å². The number of benzene rings is 1.